The van der Waals surface area contributed by atoms with Gasteiger partial charge in [0.05, 0.1) is 4.88 Å². The minimum atomic E-state index is 0.443. The predicted molar refractivity (Wildman–Crippen MR) is 79.5 cm³/mol. The Bertz CT molecular complexity index is 551. The van der Waals surface area contributed by atoms with E-state index in [0.717, 1.165) is 10.6 Å². The quantitative estimate of drug-likeness (QED) is 0.649. The highest BCUT2D eigenvalue weighted by Crippen LogP contribution is 2.29. The van der Waals surface area contributed by atoms with Gasteiger partial charge in [0.2, 0.25) is 0 Å². The molecule has 0 fully saturated rings. The number of ether oxygens (including phenoxy) is 1. The van der Waals surface area contributed by atoms with Crippen molar-refractivity contribution in [2.45, 2.75) is 33.3 Å². The molecule has 0 radical (unpaired) electrons. The molecule has 0 saturated carbocycles. The van der Waals surface area contributed by atoms with Crippen LogP contribution in [0.3, 0.4) is 0 Å². The number of nitrogens with two attached hydrogens (primary N) is 1. The lowest BCUT2D eigenvalue weighted by Gasteiger charge is -2.14. The highest BCUT2D eigenvalue weighted by atomic mass is 32.1. The first kappa shape index (κ1) is 13.8. The molecule has 2 rings (SSSR count). The third kappa shape index (κ3) is 3.45. The molecule has 102 valence electrons. The van der Waals surface area contributed by atoms with E-state index in [0.29, 0.717) is 17.7 Å². The third-order valence-corrected chi connectivity index (χ3v) is 3.74. The standard InChI is InChI=1S/C14H19N3OS/c1-9(2)12-5-4-10(3)6-13(12)18-8-11-7-16-14(17-15)19-11/h4-7,9H,8,15H2,1-3H3,(H,16,17). The SMILES string of the molecule is Cc1ccc(C(C)C)c(OCc2cnc(NN)s2)c1. The number of benzene rings is 1. The molecule has 0 aliphatic heterocycles. The number of hydrogen-bond donors (Lipinski definition) is 2. The van der Waals surface area contributed by atoms with Crippen molar-refractivity contribution in [1.82, 2.24) is 4.98 Å². The number of anilines is 1. The summed E-state index contributed by atoms with van der Waals surface area (Å²) < 4.78 is 5.92. The van der Waals surface area contributed by atoms with Crippen molar-refractivity contribution in [2.24, 2.45) is 5.84 Å². The molecule has 0 saturated heterocycles. The molecule has 1 aromatic carbocycles. The number of nitrogens with one attached hydrogen (secondary N) is 1. The van der Waals surface area contributed by atoms with E-state index >= 15 is 0 Å². The molecule has 0 bridgehead atoms. The van der Waals surface area contributed by atoms with Gasteiger partial charge in [-0.3, -0.25) is 5.43 Å². The Morgan fingerprint density at radius 3 is 2.84 bits per heavy atom. The Labute approximate surface area is 117 Å². The third-order valence-electron chi connectivity index (χ3n) is 2.84. The molecule has 1 heterocycles. The molecule has 2 aromatic rings. The van der Waals surface area contributed by atoms with Gasteiger partial charge in [-0.05, 0) is 30.0 Å². The Hall–Kier alpha value is -1.59. The Morgan fingerprint density at radius 2 is 2.21 bits per heavy atom. The molecule has 0 spiro atoms. The van der Waals surface area contributed by atoms with Crippen LogP contribution in [0.15, 0.2) is 24.4 Å². The normalized spacial score (nSPS) is 10.8. The van der Waals surface area contributed by atoms with Crippen LogP contribution in [0, 0.1) is 6.92 Å². The van der Waals surface area contributed by atoms with Gasteiger partial charge in [0.1, 0.15) is 12.4 Å². The van der Waals surface area contributed by atoms with E-state index in [9.17, 15) is 0 Å². The van der Waals surface area contributed by atoms with E-state index in [1.807, 2.05) is 0 Å². The van der Waals surface area contributed by atoms with Gasteiger partial charge in [0.15, 0.2) is 5.13 Å². The number of rotatable bonds is 5. The van der Waals surface area contributed by atoms with Gasteiger partial charge in [-0.2, -0.15) is 0 Å². The molecule has 1 aromatic heterocycles. The molecule has 0 aliphatic carbocycles. The van der Waals surface area contributed by atoms with Crippen LogP contribution >= 0.6 is 11.3 Å². The minimum Gasteiger partial charge on any atom is -0.488 e. The predicted octanol–water partition coefficient (Wildman–Crippen LogP) is 3.44. The van der Waals surface area contributed by atoms with Crippen LogP contribution in [0.4, 0.5) is 5.13 Å². The van der Waals surface area contributed by atoms with E-state index in [1.165, 1.54) is 22.5 Å². The molecule has 0 aliphatic rings. The summed E-state index contributed by atoms with van der Waals surface area (Å²) in [5.41, 5.74) is 4.97. The molecule has 0 unspecified atom stereocenters. The van der Waals surface area contributed by atoms with Crippen LogP contribution in [0.5, 0.6) is 5.75 Å². The molecular weight excluding hydrogens is 258 g/mol. The van der Waals surface area contributed by atoms with Crippen LogP contribution in [-0.2, 0) is 6.61 Å². The van der Waals surface area contributed by atoms with Gasteiger partial charge in [0.25, 0.3) is 0 Å². The second-order valence-corrected chi connectivity index (χ2v) is 5.88. The monoisotopic (exact) mass is 277 g/mol. The average molecular weight is 277 g/mol. The molecular formula is C14H19N3OS. The zero-order valence-corrected chi connectivity index (χ0v) is 12.3. The lowest BCUT2D eigenvalue weighted by Crippen LogP contribution is -2.05. The van der Waals surface area contributed by atoms with Gasteiger partial charge in [0, 0.05) is 6.20 Å². The van der Waals surface area contributed by atoms with Gasteiger partial charge < -0.3 is 4.74 Å². The second-order valence-electron chi connectivity index (χ2n) is 4.76. The number of hydrogen-bond acceptors (Lipinski definition) is 5. The summed E-state index contributed by atoms with van der Waals surface area (Å²) in [6, 6.07) is 6.33. The zero-order valence-electron chi connectivity index (χ0n) is 11.4. The molecule has 5 heteroatoms. The minimum absolute atomic E-state index is 0.443. The summed E-state index contributed by atoms with van der Waals surface area (Å²) in [5, 5.41) is 0.701. The van der Waals surface area contributed by atoms with Crippen LogP contribution in [-0.4, -0.2) is 4.98 Å². The van der Waals surface area contributed by atoms with E-state index in [4.69, 9.17) is 10.6 Å². The number of hydrazine groups is 1. The van der Waals surface area contributed by atoms with E-state index in [1.54, 1.807) is 6.20 Å². The van der Waals surface area contributed by atoms with Crippen LogP contribution in [0.2, 0.25) is 0 Å². The summed E-state index contributed by atoms with van der Waals surface area (Å²) in [5.74, 6) is 6.70. The van der Waals surface area contributed by atoms with Gasteiger partial charge in [-0.15, -0.1) is 0 Å². The van der Waals surface area contributed by atoms with Crippen molar-refractivity contribution < 1.29 is 4.74 Å². The van der Waals surface area contributed by atoms with E-state index in [-0.39, 0.29) is 0 Å². The van der Waals surface area contributed by atoms with Crippen molar-refractivity contribution in [3.8, 4) is 5.75 Å². The van der Waals surface area contributed by atoms with Crippen molar-refractivity contribution in [3.63, 3.8) is 0 Å². The zero-order chi connectivity index (χ0) is 13.8. The molecule has 3 N–H and O–H groups in total. The molecule has 0 amide bonds. The van der Waals surface area contributed by atoms with Crippen molar-refractivity contribution in [3.05, 3.63) is 40.4 Å². The Kier molecular flexibility index (Phi) is 4.39. The molecule has 19 heavy (non-hydrogen) atoms. The van der Waals surface area contributed by atoms with Crippen molar-refractivity contribution >= 4 is 16.5 Å². The number of aromatic nitrogens is 1. The van der Waals surface area contributed by atoms with E-state index < -0.39 is 0 Å². The highest BCUT2D eigenvalue weighted by Gasteiger charge is 2.09. The first-order chi connectivity index (χ1) is 9.10. The van der Waals surface area contributed by atoms with Gasteiger partial charge in [-0.25, -0.2) is 10.8 Å². The van der Waals surface area contributed by atoms with Gasteiger partial charge in [-0.1, -0.05) is 37.3 Å². The van der Waals surface area contributed by atoms with Crippen molar-refractivity contribution in [2.75, 3.05) is 5.43 Å². The number of nitrogen functional groups attached to an aromatic ring is 1. The summed E-state index contributed by atoms with van der Waals surface area (Å²) in [6.45, 7) is 6.92. The maximum Gasteiger partial charge on any atom is 0.197 e. The average Bonchev–Trinajstić information content (AvgIpc) is 2.84. The maximum absolute atomic E-state index is 5.92. The summed E-state index contributed by atoms with van der Waals surface area (Å²) in [4.78, 5) is 5.17. The van der Waals surface area contributed by atoms with Crippen LogP contribution in [0.25, 0.3) is 0 Å². The number of aryl methyl sites for hydroxylation is 1. The Morgan fingerprint density at radius 1 is 1.42 bits per heavy atom. The Balaban J connectivity index is 2.12. The van der Waals surface area contributed by atoms with Gasteiger partial charge >= 0.3 is 0 Å². The fourth-order valence-electron chi connectivity index (χ4n) is 1.83. The molecule has 4 nitrogen and oxygen atoms in total. The van der Waals surface area contributed by atoms with Crippen LogP contribution in [0.1, 0.15) is 35.8 Å². The maximum atomic E-state index is 5.92. The topological polar surface area (TPSA) is 60.2 Å². The summed E-state index contributed by atoms with van der Waals surface area (Å²) in [6.07, 6.45) is 1.78. The summed E-state index contributed by atoms with van der Waals surface area (Å²) in [7, 11) is 0. The summed E-state index contributed by atoms with van der Waals surface area (Å²) >= 11 is 1.50. The molecule has 0 atom stereocenters. The fraction of sp³-hybridized carbons (Fsp3) is 0.357. The lowest BCUT2D eigenvalue weighted by molar-refractivity contribution is 0.305. The van der Waals surface area contributed by atoms with Crippen molar-refractivity contribution in [1.29, 1.82) is 0 Å². The fourth-order valence-corrected chi connectivity index (χ4v) is 2.47. The first-order valence-corrected chi connectivity index (χ1v) is 7.06. The van der Waals surface area contributed by atoms with E-state index in [2.05, 4.69) is 49.4 Å². The highest BCUT2D eigenvalue weighted by molar-refractivity contribution is 7.15. The largest absolute Gasteiger partial charge is 0.488 e. The number of thiazole rings is 1. The number of nitrogens with zero attached hydrogens (tertiary/aromatic N) is 1. The first-order valence-electron chi connectivity index (χ1n) is 6.25. The lowest BCUT2D eigenvalue weighted by atomic mass is 10.0. The van der Waals surface area contributed by atoms with Crippen LogP contribution < -0.4 is 16.0 Å². The smallest absolute Gasteiger partial charge is 0.197 e. The second kappa shape index (κ2) is 6.04.